The summed E-state index contributed by atoms with van der Waals surface area (Å²) in [6, 6.07) is 12.9. The predicted octanol–water partition coefficient (Wildman–Crippen LogP) is 2.14. The third kappa shape index (κ3) is 2.57. The third-order valence-electron chi connectivity index (χ3n) is 3.31. The summed E-state index contributed by atoms with van der Waals surface area (Å²) in [6.07, 6.45) is 0. The molecule has 0 fully saturated rings. The summed E-state index contributed by atoms with van der Waals surface area (Å²) in [4.78, 5) is 22.6. The van der Waals surface area contributed by atoms with Gasteiger partial charge in [0.1, 0.15) is 5.75 Å². The van der Waals surface area contributed by atoms with Crippen LogP contribution in [0.15, 0.2) is 53.3 Å². The Morgan fingerprint density at radius 1 is 1.22 bits per heavy atom. The van der Waals surface area contributed by atoms with Gasteiger partial charge in [-0.3, -0.25) is 10.1 Å². The van der Waals surface area contributed by atoms with Crippen molar-refractivity contribution in [1.29, 1.82) is 0 Å². The number of nitro benzene ring substituents is 1. The number of nitrogens with one attached hydrogen (secondary N) is 1. The number of hydrogen-bond donors (Lipinski definition) is 1. The molecule has 1 heterocycles. The highest BCUT2D eigenvalue weighted by molar-refractivity contribution is 5.63. The monoisotopic (exact) mass is 312 g/mol. The van der Waals surface area contributed by atoms with E-state index in [1.165, 1.54) is 23.8 Å². The van der Waals surface area contributed by atoms with E-state index in [-0.39, 0.29) is 11.5 Å². The minimum absolute atomic E-state index is 0.0791. The molecule has 116 valence electrons. The zero-order valence-electron chi connectivity index (χ0n) is 12.1. The van der Waals surface area contributed by atoms with Gasteiger partial charge in [0.2, 0.25) is 0 Å². The van der Waals surface area contributed by atoms with Crippen molar-refractivity contribution in [3.8, 4) is 22.8 Å². The first-order valence-electron chi connectivity index (χ1n) is 6.67. The van der Waals surface area contributed by atoms with Gasteiger partial charge in [0.05, 0.1) is 17.7 Å². The van der Waals surface area contributed by atoms with Crippen molar-refractivity contribution in [3.63, 3.8) is 0 Å². The molecule has 1 N–H and O–H groups in total. The maximum atomic E-state index is 12.2. The van der Waals surface area contributed by atoms with Gasteiger partial charge < -0.3 is 4.74 Å². The Balaban J connectivity index is 2.22. The van der Waals surface area contributed by atoms with E-state index in [9.17, 15) is 14.9 Å². The average Bonchev–Trinajstić information content (AvgIpc) is 2.96. The van der Waals surface area contributed by atoms with Crippen molar-refractivity contribution in [2.24, 2.45) is 0 Å². The third-order valence-corrected chi connectivity index (χ3v) is 3.31. The van der Waals surface area contributed by atoms with Crippen molar-refractivity contribution in [1.82, 2.24) is 14.8 Å². The topological polar surface area (TPSA) is 103 Å². The lowest BCUT2D eigenvalue weighted by Gasteiger charge is -2.10. The van der Waals surface area contributed by atoms with Gasteiger partial charge >= 0.3 is 5.69 Å². The first-order valence-corrected chi connectivity index (χ1v) is 6.67. The SMILES string of the molecule is COc1ccccc1-n1c(-c2cccc([N+](=O)[O-])c2)n[nH]c1=O. The van der Waals surface area contributed by atoms with Crippen LogP contribution in [0.2, 0.25) is 0 Å². The predicted molar refractivity (Wildman–Crippen MR) is 82.8 cm³/mol. The first kappa shape index (κ1) is 14.5. The standard InChI is InChI=1S/C15H12N4O4/c1-23-13-8-3-2-7-12(13)18-14(16-17-15(18)20)10-5-4-6-11(9-10)19(21)22/h2-9H,1H3,(H,17,20). The molecule has 0 atom stereocenters. The molecule has 0 spiro atoms. The zero-order valence-corrected chi connectivity index (χ0v) is 12.1. The van der Waals surface area contributed by atoms with E-state index in [1.807, 2.05) is 0 Å². The van der Waals surface area contributed by atoms with Crippen molar-refractivity contribution >= 4 is 5.69 Å². The minimum atomic E-state index is -0.498. The fraction of sp³-hybridized carbons (Fsp3) is 0.0667. The number of aromatic nitrogens is 3. The lowest BCUT2D eigenvalue weighted by Crippen LogP contribution is -2.16. The lowest BCUT2D eigenvalue weighted by atomic mass is 10.2. The van der Waals surface area contributed by atoms with Crippen LogP contribution < -0.4 is 10.4 Å². The summed E-state index contributed by atoms with van der Waals surface area (Å²) in [7, 11) is 1.50. The van der Waals surface area contributed by atoms with E-state index in [0.29, 0.717) is 17.0 Å². The molecular weight excluding hydrogens is 300 g/mol. The molecule has 8 nitrogen and oxygen atoms in total. The molecule has 0 bridgehead atoms. The summed E-state index contributed by atoms with van der Waals surface area (Å²) in [5.74, 6) is 0.755. The van der Waals surface area contributed by atoms with Gasteiger partial charge in [-0.05, 0) is 12.1 Å². The van der Waals surface area contributed by atoms with Gasteiger partial charge in [-0.2, -0.15) is 5.10 Å². The second kappa shape index (κ2) is 5.76. The fourth-order valence-corrected chi connectivity index (χ4v) is 2.29. The van der Waals surface area contributed by atoms with Crippen molar-refractivity contribution in [3.05, 3.63) is 69.1 Å². The molecule has 0 saturated carbocycles. The molecular formula is C15H12N4O4. The van der Waals surface area contributed by atoms with Crippen molar-refractivity contribution < 1.29 is 9.66 Å². The molecule has 0 aliphatic carbocycles. The smallest absolute Gasteiger partial charge is 0.348 e. The van der Waals surface area contributed by atoms with Crippen LogP contribution in [0.1, 0.15) is 0 Å². The number of rotatable bonds is 4. The normalized spacial score (nSPS) is 10.5. The number of hydrogen-bond acceptors (Lipinski definition) is 5. The zero-order chi connectivity index (χ0) is 16.4. The number of H-pyrrole nitrogens is 1. The molecule has 3 aromatic rings. The number of nitro groups is 1. The number of nitrogens with zero attached hydrogens (tertiary/aromatic N) is 3. The van der Waals surface area contributed by atoms with Gasteiger partial charge in [0, 0.05) is 17.7 Å². The van der Waals surface area contributed by atoms with Gasteiger partial charge in [-0.25, -0.2) is 14.5 Å². The first-order chi connectivity index (χ1) is 11.1. The Hall–Kier alpha value is -3.42. The maximum absolute atomic E-state index is 12.2. The van der Waals surface area contributed by atoms with Crippen LogP contribution in [0.4, 0.5) is 5.69 Å². The number of non-ortho nitro benzene ring substituents is 1. The highest BCUT2D eigenvalue weighted by atomic mass is 16.6. The molecule has 0 unspecified atom stereocenters. The lowest BCUT2D eigenvalue weighted by molar-refractivity contribution is -0.384. The number of benzene rings is 2. The Morgan fingerprint density at radius 2 is 2.00 bits per heavy atom. The second-order valence-electron chi connectivity index (χ2n) is 4.67. The van der Waals surface area contributed by atoms with E-state index >= 15 is 0 Å². The summed E-state index contributed by atoms with van der Waals surface area (Å²) in [5, 5.41) is 17.3. The quantitative estimate of drug-likeness (QED) is 0.587. The van der Waals surface area contributed by atoms with E-state index in [2.05, 4.69) is 10.2 Å². The molecule has 0 saturated heterocycles. The Kier molecular flexibility index (Phi) is 3.63. The summed E-state index contributed by atoms with van der Waals surface area (Å²) >= 11 is 0. The molecule has 1 aromatic heterocycles. The molecule has 3 rings (SSSR count). The number of para-hydroxylation sites is 2. The number of methoxy groups -OCH3 is 1. The molecule has 8 heteroatoms. The highest BCUT2D eigenvalue weighted by Crippen LogP contribution is 2.27. The Bertz CT molecular complexity index is 929. The van der Waals surface area contributed by atoms with Gasteiger partial charge in [-0.15, -0.1) is 0 Å². The molecule has 2 aromatic carbocycles. The van der Waals surface area contributed by atoms with Gasteiger partial charge in [0.15, 0.2) is 5.82 Å². The van der Waals surface area contributed by atoms with Crippen LogP contribution in [-0.2, 0) is 0 Å². The Morgan fingerprint density at radius 3 is 2.74 bits per heavy atom. The highest BCUT2D eigenvalue weighted by Gasteiger charge is 2.17. The molecule has 0 amide bonds. The van der Waals surface area contributed by atoms with E-state index in [1.54, 1.807) is 36.4 Å². The van der Waals surface area contributed by atoms with Crippen molar-refractivity contribution in [2.75, 3.05) is 7.11 Å². The van der Waals surface area contributed by atoms with E-state index in [0.717, 1.165) is 0 Å². The summed E-state index contributed by atoms with van der Waals surface area (Å²) in [5.41, 5.74) is 0.402. The largest absolute Gasteiger partial charge is 0.495 e. The molecule has 0 aliphatic rings. The number of ether oxygens (including phenoxy) is 1. The van der Waals surface area contributed by atoms with Gasteiger partial charge in [0.25, 0.3) is 5.69 Å². The van der Waals surface area contributed by atoms with Crippen LogP contribution in [0.5, 0.6) is 5.75 Å². The fourth-order valence-electron chi connectivity index (χ4n) is 2.29. The molecule has 0 radical (unpaired) electrons. The van der Waals surface area contributed by atoms with E-state index < -0.39 is 10.6 Å². The minimum Gasteiger partial charge on any atom is -0.495 e. The van der Waals surface area contributed by atoms with E-state index in [4.69, 9.17) is 4.74 Å². The molecule has 23 heavy (non-hydrogen) atoms. The van der Waals surface area contributed by atoms with Crippen LogP contribution in [-0.4, -0.2) is 26.8 Å². The average molecular weight is 312 g/mol. The van der Waals surface area contributed by atoms with Crippen LogP contribution >= 0.6 is 0 Å². The Labute approximate surface area is 130 Å². The summed E-state index contributed by atoms with van der Waals surface area (Å²) in [6.45, 7) is 0. The number of aromatic amines is 1. The van der Waals surface area contributed by atoms with Crippen molar-refractivity contribution in [2.45, 2.75) is 0 Å². The van der Waals surface area contributed by atoms with Crippen LogP contribution in [0, 0.1) is 10.1 Å². The second-order valence-corrected chi connectivity index (χ2v) is 4.67. The summed E-state index contributed by atoms with van der Waals surface area (Å²) < 4.78 is 6.58. The van der Waals surface area contributed by atoms with Crippen LogP contribution in [0.3, 0.4) is 0 Å². The van der Waals surface area contributed by atoms with Crippen LogP contribution in [0.25, 0.3) is 17.1 Å². The maximum Gasteiger partial charge on any atom is 0.348 e. The molecule has 0 aliphatic heterocycles. The van der Waals surface area contributed by atoms with Gasteiger partial charge in [-0.1, -0.05) is 24.3 Å².